The summed E-state index contributed by atoms with van der Waals surface area (Å²) in [5.41, 5.74) is -1.05. The minimum absolute atomic E-state index is 0.0408. The zero-order valence-electron chi connectivity index (χ0n) is 11.1. The molecule has 1 aromatic rings. The summed E-state index contributed by atoms with van der Waals surface area (Å²) in [6.07, 6.45) is 0. The minimum Gasteiger partial charge on any atom is -0.478 e. The van der Waals surface area contributed by atoms with Crippen LogP contribution in [0.5, 0.6) is 0 Å². The molecule has 0 aliphatic heterocycles. The van der Waals surface area contributed by atoms with Gasteiger partial charge in [0.25, 0.3) is 0 Å². The smallest absolute Gasteiger partial charge is 0.335 e. The molecule has 1 rings (SSSR count). The summed E-state index contributed by atoms with van der Waals surface area (Å²) in [6.45, 7) is 5.81. The van der Waals surface area contributed by atoms with Gasteiger partial charge in [0, 0.05) is 0 Å². The Morgan fingerprint density at radius 2 is 2.00 bits per heavy atom. The molecule has 1 amide bonds. The fourth-order valence-electron chi connectivity index (χ4n) is 1.55. The lowest BCUT2D eigenvalue weighted by Gasteiger charge is -2.24. The highest BCUT2D eigenvalue weighted by molar-refractivity contribution is 5.98. The predicted molar refractivity (Wildman–Crippen MR) is 69.7 cm³/mol. The SMILES string of the molecule is CCNC(C)(C)C(=O)Nc1ccc(C(=O)O)cc1F. The quantitative estimate of drug-likeness (QED) is 0.761. The second kappa shape index (κ2) is 5.79. The third kappa shape index (κ3) is 3.75. The molecule has 0 bridgehead atoms. The maximum atomic E-state index is 13.6. The normalized spacial score (nSPS) is 11.2. The van der Waals surface area contributed by atoms with Gasteiger partial charge in [0.05, 0.1) is 16.8 Å². The lowest BCUT2D eigenvalue weighted by Crippen LogP contribution is -2.49. The zero-order chi connectivity index (χ0) is 14.6. The van der Waals surface area contributed by atoms with Gasteiger partial charge in [-0.05, 0) is 38.6 Å². The highest BCUT2D eigenvalue weighted by Crippen LogP contribution is 2.17. The van der Waals surface area contributed by atoms with Crippen LogP contribution in [0.3, 0.4) is 0 Å². The van der Waals surface area contributed by atoms with E-state index in [1.54, 1.807) is 13.8 Å². The van der Waals surface area contributed by atoms with Crippen molar-refractivity contribution in [2.24, 2.45) is 0 Å². The van der Waals surface area contributed by atoms with Crippen LogP contribution in [-0.4, -0.2) is 29.1 Å². The molecule has 0 aromatic heterocycles. The largest absolute Gasteiger partial charge is 0.478 e. The molecular formula is C13H17FN2O3. The minimum atomic E-state index is -1.22. The number of hydrogen-bond acceptors (Lipinski definition) is 3. The summed E-state index contributed by atoms with van der Waals surface area (Å²) in [5.74, 6) is -2.39. The Morgan fingerprint density at radius 3 is 2.47 bits per heavy atom. The van der Waals surface area contributed by atoms with E-state index in [2.05, 4.69) is 10.6 Å². The van der Waals surface area contributed by atoms with Crippen molar-refractivity contribution in [2.75, 3.05) is 11.9 Å². The van der Waals surface area contributed by atoms with E-state index >= 15 is 0 Å². The average Bonchev–Trinajstić information content (AvgIpc) is 2.31. The number of carboxylic acid groups (broad SMARTS) is 1. The maximum Gasteiger partial charge on any atom is 0.335 e. The first kappa shape index (κ1) is 15.1. The van der Waals surface area contributed by atoms with Crippen molar-refractivity contribution in [3.63, 3.8) is 0 Å². The van der Waals surface area contributed by atoms with Gasteiger partial charge >= 0.3 is 5.97 Å². The molecule has 1 aromatic carbocycles. The number of carboxylic acids is 1. The molecule has 5 nitrogen and oxygen atoms in total. The van der Waals surface area contributed by atoms with Crippen molar-refractivity contribution in [3.8, 4) is 0 Å². The fourth-order valence-corrected chi connectivity index (χ4v) is 1.55. The molecule has 3 N–H and O–H groups in total. The van der Waals surface area contributed by atoms with Crippen LogP contribution >= 0.6 is 0 Å². The molecule has 0 saturated heterocycles. The Kier molecular flexibility index (Phi) is 4.61. The van der Waals surface area contributed by atoms with Gasteiger partial charge in [0.1, 0.15) is 5.82 Å². The Labute approximate surface area is 110 Å². The van der Waals surface area contributed by atoms with Crippen molar-refractivity contribution in [3.05, 3.63) is 29.6 Å². The first-order valence-electron chi connectivity index (χ1n) is 5.87. The van der Waals surface area contributed by atoms with Crippen LogP contribution in [0.25, 0.3) is 0 Å². The molecular weight excluding hydrogens is 251 g/mol. The average molecular weight is 268 g/mol. The number of anilines is 1. The Balaban J connectivity index is 2.89. The Morgan fingerprint density at radius 1 is 1.37 bits per heavy atom. The summed E-state index contributed by atoms with van der Waals surface area (Å²) in [5, 5.41) is 14.1. The van der Waals surface area contributed by atoms with Crippen LogP contribution in [0.2, 0.25) is 0 Å². The van der Waals surface area contributed by atoms with E-state index in [1.807, 2.05) is 6.92 Å². The number of carbonyl (C=O) groups excluding carboxylic acids is 1. The summed E-state index contributed by atoms with van der Waals surface area (Å²) in [4.78, 5) is 22.6. The van der Waals surface area contributed by atoms with Crippen LogP contribution in [0.15, 0.2) is 18.2 Å². The molecule has 0 spiro atoms. The Bertz CT molecular complexity index is 501. The lowest BCUT2D eigenvalue weighted by atomic mass is 10.0. The maximum absolute atomic E-state index is 13.6. The molecule has 0 fully saturated rings. The first-order valence-corrected chi connectivity index (χ1v) is 5.87. The molecule has 0 heterocycles. The number of hydrogen-bond donors (Lipinski definition) is 3. The summed E-state index contributed by atoms with van der Waals surface area (Å²) in [6, 6.07) is 3.35. The van der Waals surface area contributed by atoms with E-state index in [0.29, 0.717) is 6.54 Å². The monoisotopic (exact) mass is 268 g/mol. The standard InChI is InChI=1S/C13H17FN2O3/c1-4-15-13(2,3)12(19)16-10-6-5-8(11(17)18)7-9(10)14/h5-7,15H,4H2,1-3H3,(H,16,19)(H,17,18). The lowest BCUT2D eigenvalue weighted by molar-refractivity contribution is -0.121. The van der Waals surface area contributed by atoms with Crippen LogP contribution < -0.4 is 10.6 Å². The molecule has 0 aliphatic rings. The molecule has 19 heavy (non-hydrogen) atoms. The predicted octanol–water partition coefficient (Wildman–Crippen LogP) is 1.85. The summed E-state index contributed by atoms with van der Waals surface area (Å²) < 4.78 is 13.6. The number of carbonyl (C=O) groups is 2. The second-order valence-electron chi connectivity index (χ2n) is 4.61. The molecule has 0 atom stereocenters. The topological polar surface area (TPSA) is 78.4 Å². The number of halogens is 1. The second-order valence-corrected chi connectivity index (χ2v) is 4.61. The van der Waals surface area contributed by atoms with E-state index in [4.69, 9.17) is 5.11 Å². The van der Waals surface area contributed by atoms with E-state index < -0.39 is 23.2 Å². The van der Waals surface area contributed by atoms with Gasteiger partial charge < -0.3 is 15.7 Å². The number of likely N-dealkylation sites (N-methyl/N-ethyl adjacent to an activating group) is 1. The number of rotatable bonds is 5. The summed E-state index contributed by atoms with van der Waals surface area (Å²) >= 11 is 0. The fraction of sp³-hybridized carbons (Fsp3) is 0.385. The third-order valence-electron chi connectivity index (χ3n) is 2.65. The first-order chi connectivity index (χ1) is 8.77. The number of amides is 1. The summed E-state index contributed by atoms with van der Waals surface area (Å²) in [7, 11) is 0. The van der Waals surface area contributed by atoms with Crippen LogP contribution in [0, 0.1) is 5.82 Å². The van der Waals surface area contributed by atoms with Crippen molar-refractivity contribution in [1.29, 1.82) is 0 Å². The number of aromatic carboxylic acids is 1. The zero-order valence-corrected chi connectivity index (χ0v) is 11.1. The van der Waals surface area contributed by atoms with Gasteiger partial charge in [-0.2, -0.15) is 0 Å². The van der Waals surface area contributed by atoms with Crippen LogP contribution in [-0.2, 0) is 4.79 Å². The van der Waals surface area contributed by atoms with Gasteiger partial charge in [-0.15, -0.1) is 0 Å². The highest BCUT2D eigenvalue weighted by atomic mass is 19.1. The molecule has 0 aliphatic carbocycles. The van der Waals surface area contributed by atoms with Crippen LogP contribution in [0.4, 0.5) is 10.1 Å². The van der Waals surface area contributed by atoms with Gasteiger partial charge in [-0.1, -0.05) is 6.92 Å². The number of benzene rings is 1. The van der Waals surface area contributed by atoms with Crippen LogP contribution in [0.1, 0.15) is 31.1 Å². The highest BCUT2D eigenvalue weighted by Gasteiger charge is 2.26. The van der Waals surface area contributed by atoms with Crippen molar-refractivity contribution >= 4 is 17.6 Å². The van der Waals surface area contributed by atoms with E-state index in [9.17, 15) is 14.0 Å². The van der Waals surface area contributed by atoms with Crippen molar-refractivity contribution in [2.45, 2.75) is 26.3 Å². The number of nitrogens with one attached hydrogen (secondary N) is 2. The molecule has 104 valence electrons. The molecule has 0 saturated carbocycles. The van der Waals surface area contributed by atoms with Crippen molar-refractivity contribution in [1.82, 2.24) is 5.32 Å². The van der Waals surface area contributed by atoms with E-state index in [1.165, 1.54) is 12.1 Å². The van der Waals surface area contributed by atoms with Crippen molar-refractivity contribution < 1.29 is 19.1 Å². The van der Waals surface area contributed by atoms with E-state index in [0.717, 1.165) is 6.07 Å². The van der Waals surface area contributed by atoms with Gasteiger partial charge in [0.2, 0.25) is 5.91 Å². The third-order valence-corrected chi connectivity index (χ3v) is 2.65. The van der Waals surface area contributed by atoms with E-state index in [-0.39, 0.29) is 11.3 Å². The van der Waals surface area contributed by atoms with Gasteiger partial charge in [-0.25, -0.2) is 9.18 Å². The Hall–Kier alpha value is -1.95. The molecule has 6 heteroatoms. The van der Waals surface area contributed by atoms with Gasteiger partial charge in [-0.3, -0.25) is 4.79 Å². The molecule has 0 radical (unpaired) electrons. The molecule has 0 unspecified atom stereocenters. The van der Waals surface area contributed by atoms with Gasteiger partial charge in [0.15, 0.2) is 0 Å².